The summed E-state index contributed by atoms with van der Waals surface area (Å²) in [6.45, 7) is 5.42. The molecule has 0 saturated heterocycles. The molecule has 0 unspecified atom stereocenters. The standard InChI is InChI=1S/C18H27N3O2/c1-3-4-13-21-16-8-6-5-7-15(16)20-17(21)11-12-19-18(23)10-9-14(2)22/h5-8,14,22H,3-4,9-13H2,1-2H3,(H,19,23)/t14-/m1/s1. The fourth-order valence-corrected chi connectivity index (χ4v) is 2.62. The summed E-state index contributed by atoms with van der Waals surface area (Å²) in [6, 6.07) is 8.17. The summed E-state index contributed by atoms with van der Waals surface area (Å²) in [7, 11) is 0. The van der Waals surface area contributed by atoms with Gasteiger partial charge in [-0.2, -0.15) is 0 Å². The van der Waals surface area contributed by atoms with Crippen molar-refractivity contribution in [3.05, 3.63) is 30.1 Å². The number of rotatable bonds is 9. The molecule has 1 aromatic carbocycles. The third-order valence-corrected chi connectivity index (χ3v) is 3.93. The zero-order chi connectivity index (χ0) is 16.7. The predicted octanol–water partition coefficient (Wildman–Crippen LogP) is 2.66. The topological polar surface area (TPSA) is 67.2 Å². The van der Waals surface area contributed by atoms with E-state index in [4.69, 9.17) is 4.98 Å². The van der Waals surface area contributed by atoms with E-state index in [-0.39, 0.29) is 5.91 Å². The molecule has 0 spiro atoms. The molecule has 23 heavy (non-hydrogen) atoms. The molecule has 0 bridgehead atoms. The zero-order valence-corrected chi connectivity index (χ0v) is 14.1. The minimum absolute atomic E-state index is 0.0119. The van der Waals surface area contributed by atoms with Gasteiger partial charge in [-0.25, -0.2) is 4.98 Å². The number of fused-ring (bicyclic) bond motifs is 1. The van der Waals surface area contributed by atoms with Crippen LogP contribution < -0.4 is 5.32 Å². The first-order valence-corrected chi connectivity index (χ1v) is 8.50. The molecule has 0 aliphatic heterocycles. The minimum atomic E-state index is -0.431. The van der Waals surface area contributed by atoms with Crippen molar-refractivity contribution in [3.63, 3.8) is 0 Å². The highest BCUT2D eigenvalue weighted by atomic mass is 16.3. The molecule has 0 aliphatic rings. The number of aliphatic hydroxyl groups is 1. The SMILES string of the molecule is CCCCn1c(CCNC(=O)CC[C@@H](C)O)nc2ccccc21. The Kier molecular flexibility index (Phi) is 6.59. The van der Waals surface area contributed by atoms with Crippen LogP contribution in [0.3, 0.4) is 0 Å². The maximum absolute atomic E-state index is 11.7. The van der Waals surface area contributed by atoms with Gasteiger partial charge in [-0.15, -0.1) is 0 Å². The number of nitrogens with zero attached hydrogens (tertiary/aromatic N) is 2. The number of para-hydroxylation sites is 2. The van der Waals surface area contributed by atoms with Crippen LogP contribution in [-0.4, -0.2) is 33.2 Å². The molecule has 0 aliphatic carbocycles. The van der Waals surface area contributed by atoms with E-state index < -0.39 is 6.10 Å². The number of carbonyl (C=O) groups excluding carboxylic acids is 1. The molecule has 0 fully saturated rings. The molecule has 0 radical (unpaired) electrons. The molecule has 5 heteroatoms. The van der Waals surface area contributed by atoms with Crippen molar-refractivity contribution in [2.75, 3.05) is 6.54 Å². The van der Waals surface area contributed by atoms with Gasteiger partial charge in [-0.05, 0) is 31.9 Å². The maximum Gasteiger partial charge on any atom is 0.220 e. The summed E-state index contributed by atoms with van der Waals surface area (Å²) in [5.74, 6) is 1.01. The second kappa shape index (κ2) is 8.67. The Morgan fingerprint density at radius 2 is 2.17 bits per heavy atom. The number of aliphatic hydroxyl groups excluding tert-OH is 1. The Labute approximate surface area is 137 Å². The highest BCUT2D eigenvalue weighted by Crippen LogP contribution is 2.17. The molecule has 1 heterocycles. The van der Waals surface area contributed by atoms with E-state index in [1.165, 1.54) is 0 Å². The molecule has 2 rings (SSSR count). The van der Waals surface area contributed by atoms with Crippen LogP contribution >= 0.6 is 0 Å². The Balaban J connectivity index is 1.97. The minimum Gasteiger partial charge on any atom is -0.393 e. The lowest BCUT2D eigenvalue weighted by Crippen LogP contribution is -2.27. The first kappa shape index (κ1) is 17.5. The van der Waals surface area contributed by atoms with Crippen LogP contribution in [0.5, 0.6) is 0 Å². The fraction of sp³-hybridized carbons (Fsp3) is 0.556. The van der Waals surface area contributed by atoms with Gasteiger partial charge in [0.1, 0.15) is 5.82 Å². The monoisotopic (exact) mass is 317 g/mol. The lowest BCUT2D eigenvalue weighted by Gasteiger charge is -2.09. The van der Waals surface area contributed by atoms with Gasteiger partial charge in [-0.3, -0.25) is 4.79 Å². The van der Waals surface area contributed by atoms with Crippen molar-refractivity contribution in [2.45, 2.75) is 58.6 Å². The van der Waals surface area contributed by atoms with E-state index in [2.05, 4.69) is 22.9 Å². The third kappa shape index (κ3) is 5.06. The van der Waals surface area contributed by atoms with Gasteiger partial charge in [0.05, 0.1) is 17.1 Å². The first-order valence-electron chi connectivity index (χ1n) is 8.50. The number of aryl methyl sites for hydroxylation is 1. The van der Waals surface area contributed by atoms with E-state index in [1.807, 2.05) is 18.2 Å². The van der Waals surface area contributed by atoms with Gasteiger partial charge in [0.2, 0.25) is 5.91 Å². The molecule has 1 aromatic heterocycles. The van der Waals surface area contributed by atoms with E-state index >= 15 is 0 Å². The second-order valence-corrected chi connectivity index (χ2v) is 6.01. The summed E-state index contributed by atoms with van der Waals surface area (Å²) in [4.78, 5) is 16.4. The van der Waals surface area contributed by atoms with Crippen LogP contribution in [0.15, 0.2) is 24.3 Å². The van der Waals surface area contributed by atoms with E-state index in [0.717, 1.165) is 42.7 Å². The number of nitrogens with one attached hydrogen (secondary N) is 1. The molecule has 0 saturated carbocycles. The number of amides is 1. The van der Waals surface area contributed by atoms with Gasteiger partial charge in [-0.1, -0.05) is 25.5 Å². The first-order chi connectivity index (χ1) is 11.1. The van der Waals surface area contributed by atoms with Crippen LogP contribution in [0.2, 0.25) is 0 Å². The van der Waals surface area contributed by atoms with Crippen LogP contribution in [0, 0.1) is 0 Å². The Hall–Kier alpha value is -1.88. The number of unbranched alkanes of at least 4 members (excludes halogenated alkanes) is 1. The lowest BCUT2D eigenvalue weighted by molar-refractivity contribution is -0.121. The number of hydrogen-bond donors (Lipinski definition) is 2. The molecule has 126 valence electrons. The summed E-state index contributed by atoms with van der Waals surface area (Å²) in [5, 5.41) is 12.1. The highest BCUT2D eigenvalue weighted by Gasteiger charge is 2.10. The van der Waals surface area contributed by atoms with Crippen LogP contribution in [0.25, 0.3) is 11.0 Å². The molecular weight excluding hydrogens is 290 g/mol. The van der Waals surface area contributed by atoms with E-state index in [0.29, 0.717) is 19.4 Å². The fourth-order valence-electron chi connectivity index (χ4n) is 2.62. The van der Waals surface area contributed by atoms with Crippen molar-refractivity contribution < 1.29 is 9.90 Å². The van der Waals surface area contributed by atoms with Crippen LogP contribution in [0.4, 0.5) is 0 Å². The molecule has 1 amide bonds. The smallest absolute Gasteiger partial charge is 0.220 e. The highest BCUT2D eigenvalue weighted by molar-refractivity contribution is 5.76. The predicted molar refractivity (Wildman–Crippen MR) is 92.3 cm³/mol. The molecule has 1 atom stereocenters. The largest absolute Gasteiger partial charge is 0.393 e. The second-order valence-electron chi connectivity index (χ2n) is 6.01. The maximum atomic E-state index is 11.7. The van der Waals surface area contributed by atoms with Crippen LogP contribution in [0.1, 0.15) is 45.4 Å². The normalized spacial score (nSPS) is 12.5. The Bertz CT molecular complexity index is 634. The number of hydrogen-bond acceptors (Lipinski definition) is 3. The van der Waals surface area contributed by atoms with Crippen molar-refractivity contribution in [1.82, 2.24) is 14.9 Å². The van der Waals surface area contributed by atoms with E-state index in [1.54, 1.807) is 6.92 Å². The van der Waals surface area contributed by atoms with Crippen molar-refractivity contribution in [1.29, 1.82) is 0 Å². The number of benzene rings is 1. The van der Waals surface area contributed by atoms with E-state index in [9.17, 15) is 9.90 Å². The number of carbonyl (C=O) groups is 1. The quantitative estimate of drug-likeness (QED) is 0.747. The van der Waals surface area contributed by atoms with Gasteiger partial charge in [0.25, 0.3) is 0 Å². The summed E-state index contributed by atoms with van der Waals surface area (Å²) in [6.07, 6.45) is 3.42. The Morgan fingerprint density at radius 1 is 1.39 bits per heavy atom. The number of imidazole rings is 1. The molecule has 5 nitrogen and oxygen atoms in total. The van der Waals surface area contributed by atoms with Gasteiger partial charge >= 0.3 is 0 Å². The van der Waals surface area contributed by atoms with Crippen molar-refractivity contribution >= 4 is 16.9 Å². The van der Waals surface area contributed by atoms with Gasteiger partial charge in [0.15, 0.2) is 0 Å². The lowest BCUT2D eigenvalue weighted by atomic mass is 10.2. The molecule has 2 N–H and O–H groups in total. The zero-order valence-electron chi connectivity index (χ0n) is 14.1. The van der Waals surface area contributed by atoms with Crippen molar-refractivity contribution in [2.24, 2.45) is 0 Å². The summed E-state index contributed by atoms with van der Waals surface area (Å²) in [5.41, 5.74) is 2.18. The summed E-state index contributed by atoms with van der Waals surface area (Å²) < 4.78 is 2.26. The van der Waals surface area contributed by atoms with Gasteiger partial charge < -0.3 is 15.0 Å². The molecular formula is C18H27N3O2. The number of aromatic nitrogens is 2. The average Bonchev–Trinajstić information content (AvgIpc) is 2.88. The van der Waals surface area contributed by atoms with Gasteiger partial charge in [0, 0.05) is 25.9 Å². The molecule has 2 aromatic rings. The van der Waals surface area contributed by atoms with Crippen molar-refractivity contribution in [3.8, 4) is 0 Å². The Morgan fingerprint density at radius 3 is 2.91 bits per heavy atom. The third-order valence-electron chi connectivity index (χ3n) is 3.93. The van der Waals surface area contributed by atoms with Crippen LogP contribution in [-0.2, 0) is 17.8 Å². The average molecular weight is 317 g/mol. The summed E-state index contributed by atoms with van der Waals surface area (Å²) >= 11 is 0.